The number of carbonyl (C=O) groups excluding carboxylic acids is 2. The molecule has 0 unspecified atom stereocenters. The number of esters is 1. The molecule has 8 heteroatoms. The Morgan fingerprint density at radius 2 is 2.00 bits per heavy atom. The Labute approximate surface area is 185 Å². The van der Waals surface area contributed by atoms with E-state index in [1.54, 1.807) is 23.5 Å². The molecular weight excluding hydrogens is 414 g/mol. The summed E-state index contributed by atoms with van der Waals surface area (Å²) in [5, 5.41) is 2.98. The Morgan fingerprint density at radius 1 is 1.19 bits per heavy atom. The van der Waals surface area contributed by atoms with Crippen LogP contribution in [0.5, 0.6) is 5.75 Å². The van der Waals surface area contributed by atoms with Crippen LogP contribution >= 0.6 is 11.3 Å². The standard InChI is InChI=1S/C23H25N3O4S/c1-16-24-18(15-31-16)14-30-20-6-3-5-17(13-20)22(27)25-11-8-19(9-12-25)26-10-4-7-21(26)23(28)29-2/h3-7,10,13,15,19H,8-9,11-12,14H2,1-2H3. The lowest BCUT2D eigenvalue weighted by atomic mass is 10.0. The first-order chi connectivity index (χ1) is 15.0. The van der Waals surface area contributed by atoms with E-state index in [4.69, 9.17) is 9.47 Å². The lowest BCUT2D eigenvalue weighted by molar-refractivity contribution is 0.0573. The van der Waals surface area contributed by atoms with Crippen molar-refractivity contribution in [2.45, 2.75) is 32.4 Å². The van der Waals surface area contributed by atoms with Crippen molar-refractivity contribution in [3.63, 3.8) is 0 Å². The van der Waals surface area contributed by atoms with Crippen LogP contribution in [0.4, 0.5) is 0 Å². The number of thiazole rings is 1. The fourth-order valence-electron chi connectivity index (χ4n) is 3.87. The maximum atomic E-state index is 13.0. The third-order valence-electron chi connectivity index (χ3n) is 5.45. The molecule has 1 aliphatic rings. The lowest BCUT2D eigenvalue weighted by Crippen LogP contribution is -2.39. The lowest BCUT2D eigenvalue weighted by Gasteiger charge is -2.33. The van der Waals surface area contributed by atoms with Crippen molar-refractivity contribution in [1.82, 2.24) is 14.5 Å². The van der Waals surface area contributed by atoms with Gasteiger partial charge in [-0.2, -0.15) is 0 Å². The van der Waals surface area contributed by atoms with Gasteiger partial charge in [-0.3, -0.25) is 4.79 Å². The van der Waals surface area contributed by atoms with Crippen LogP contribution in [-0.2, 0) is 11.3 Å². The van der Waals surface area contributed by atoms with Crippen molar-refractivity contribution in [2.24, 2.45) is 0 Å². The highest BCUT2D eigenvalue weighted by molar-refractivity contribution is 7.09. The molecular formula is C23H25N3O4S. The molecule has 0 bridgehead atoms. The van der Waals surface area contributed by atoms with Gasteiger partial charge in [-0.1, -0.05) is 6.07 Å². The number of piperidine rings is 1. The van der Waals surface area contributed by atoms with Gasteiger partial charge in [0.25, 0.3) is 5.91 Å². The number of hydrogen-bond acceptors (Lipinski definition) is 6. The van der Waals surface area contributed by atoms with Gasteiger partial charge in [-0.15, -0.1) is 11.3 Å². The summed E-state index contributed by atoms with van der Waals surface area (Å²) in [6, 6.07) is 11.1. The van der Waals surface area contributed by atoms with Crippen molar-refractivity contribution in [2.75, 3.05) is 20.2 Å². The van der Waals surface area contributed by atoms with Gasteiger partial charge in [0.05, 0.1) is 17.8 Å². The van der Waals surface area contributed by atoms with Crippen molar-refractivity contribution < 1.29 is 19.1 Å². The van der Waals surface area contributed by atoms with Crippen LogP contribution in [0.2, 0.25) is 0 Å². The van der Waals surface area contributed by atoms with E-state index in [1.807, 2.05) is 52.2 Å². The molecule has 1 amide bonds. The second kappa shape index (κ2) is 9.34. The Hall–Kier alpha value is -3.13. The first-order valence-corrected chi connectivity index (χ1v) is 11.1. The van der Waals surface area contributed by atoms with E-state index < -0.39 is 0 Å². The highest BCUT2D eigenvalue weighted by atomic mass is 32.1. The van der Waals surface area contributed by atoms with Gasteiger partial charge < -0.3 is 18.9 Å². The van der Waals surface area contributed by atoms with Crippen LogP contribution in [0.1, 0.15) is 50.4 Å². The molecule has 0 N–H and O–H groups in total. The molecule has 0 spiro atoms. The topological polar surface area (TPSA) is 73.7 Å². The summed E-state index contributed by atoms with van der Waals surface area (Å²) >= 11 is 1.59. The number of amides is 1. The molecule has 1 fully saturated rings. The highest BCUT2D eigenvalue weighted by Crippen LogP contribution is 2.26. The minimum atomic E-state index is -0.340. The highest BCUT2D eigenvalue weighted by Gasteiger charge is 2.26. The second-order valence-corrected chi connectivity index (χ2v) is 8.55. The quantitative estimate of drug-likeness (QED) is 0.541. The van der Waals surface area contributed by atoms with Gasteiger partial charge in [-0.05, 0) is 50.1 Å². The first kappa shape index (κ1) is 21.1. The van der Waals surface area contributed by atoms with E-state index in [1.165, 1.54) is 7.11 Å². The van der Waals surface area contributed by atoms with Crippen molar-refractivity contribution in [3.8, 4) is 5.75 Å². The number of rotatable bonds is 6. The van der Waals surface area contributed by atoms with Gasteiger partial charge in [0.1, 0.15) is 18.1 Å². The zero-order chi connectivity index (χ0) is 21.8. The van der Waals surface area contributed by atoms with Crippen LogP contribution in [0.15, 0.2) is 48.0 Å². The number of aryl methyl sites for hydroxylation is 1. The number of hydrogen-bond donors (Lipinski definition) is 0. The maximum absolute atomic E-state index is 13.0. The molecule has 162 valence electrons. The molecule has 7 nitrogen and oxygen atoms in total. The molecule has 0 radical (unpaired) electrons. The molecule has 2 aromatic heterocycles. The van der Waals surface area contributed by atoms with Crippen LogP contribution in [-0.4, -0.2) is 46.5 Å². The number of nitrogens with zero attached hydrogens (tertiary/aromatic N) is 3. The number of likely N-dealkylation sites (tertiary alicyclic amines) is 1. The Bertz CT molecular complexity index is 1070. The van der Waals surface area contributed by atoms with Crippen LogP contribution in [0.25, 0.3) is 0 Å². The minimum Gasteiger partial charge on any atom is -0.487 e. The molecule has 3 aromatic rings. The van der Waals surface area contributed by atoms with E-state index in [2.05, 4.69) is 4.98 Å². The fraction of sp³-hybridized carbons (Fsp3) is 0.348. The van der Waals surface area contributed by atoms with Gasteiger partial charge in [0, 0.05) is 36.3 Å². The maximum Gasteiger partial charge on any atom is 0.354 e. The summed E-state index contributed by atoms with van der Waals surface area (Å²) in [6.45, 7) is 3.60. The van der Waals surface area contributed by atoms with Crippen LogP contribution in [0, 0.1) is 6.92 Å². The Morgan fingerprint density at radius 3 is 2.71 bits per heavy atom. The Kier molecular flexibility index (Phi) is 6.36. The fourth-order valence-corrected chi connectivity index (χ4v) is 4.47. The van der Waals surface area contributed by atoms with Crippen LogP contribution in [0.3, 0.4) is 0 Å². The second-order valence-electron chi connectivity index (χ2n) is 7.49. The SMILES string of the molecule is COC(=O)c1cccn1C1CCN(C(=O)c2cccc(OCc3csc(C)n3)c2)CC1. The summed E-state index contributed by atoms with van der Waals surface area (Å²) in [5.41, 5.74) is 2.05. The molecule has 3 heterocycles. The molecule has 1 aromatic carbocycles. The number of ether oxygens (including phenoxy) is 2. The number of carbonyl (C=O) groups is 2. The normalized spacial score (nSPS) is 14.5. The van der Waals surface area contributed by atoms with E-state index in [9.17, 15) is 9.59 Å². The number of methoxy groups -OCH3 is 1. The van der Waals surface area contributed by atoms with Crippen molar-refractivity contribution >= 4 is 23.2 Å². The summed E-state index contributed by atoms with van der Waals surface area (Å²) in [6.07, 6.45) is 3.46. The van der Waals surface area contributed by atoms with Crippen LogP contribution < -0.4 is 4.74 Å². The van der Waals surface area contributed by atoms with Gasteiger partial charge in [0.15, 0.2) is 0 Å². The third kappa shape index (κ3) is 4.80. The van der Waals surface area contributed by atoms with Gasteiger partial charge in [0.2, 0.25) is 0 Å². The van der Waals surface area contributed by atoms with E-state index in [0.717, 1.165) is 23.5 Å². The predicted molar refractivity (Wildman–Crippen MR) is 118 cm³/mol. The van der Waals surface area contributed by atoms with Gasteiger partial charge >= 0.3 is 5.97 Å². The van der Waals surface area contributed by atoms with Crippen molar-refractivity contribution in [3.05, 3.63) is 69.9 Å². The van der Waals surface area contributed by atoms with Crippen molar-refractivity contribution in [1.29, 1.82) is 0 Å². The minimum absolute atomic E-state index is 0.00546. The molecule has 1 saturated heterocycles. The monoisotopic (exact) mass is 439 g/mol. The first-order valence-electron chi connectivity index (χ1n) is 10.2. The summed E-state index contributed by atoms with van der Waals surface area (Å²) in [7, 11) is 1.39. The summed E-state index contributed by atoms with van der Waals surface area (Å²) in [5.74, 6) is 0.309. The number of benzene rings is 1. The molecule has 1 aliphatic heterocycles. The molecule has 0 atom stereocenters. The molecule has 31 heavy (non-hydrogen) atoms. The van der Waals surface area contributed by atoms with E-state index in [0.29, 0.717) is 36.7 Å². The summed E-state index contributed by atoms with van der Waals surface area (Å²) < 4.78 is 12.6. The third-order valence-corrected chi connectivity index (χ3v) is 6.28. The Balaban J connectivity index is 1.36. The largest absolute Gasteiger partial charge is 0.487 e. The summed E-state index contributed by atoms with van der Waals surface area (Å²) in [4.78, 5) is 31.2. The molecule has 0 saturated carbocycles. The number of aromatic nitrogens is 2. The smallest absolute Gasteiger partial charge is 0.354 e. The molecule has 4 rings (SSSR count). The zero-order valence-corrected chi connectivity index (χ0v) is 18.4. The average Bonchev–Trinajstić information content (AvgIpc) is 3.46. The average molecular weight is 440 g/mol. The van der Waals surface area contributed by atoms with E-state index in [-0.39, 0.29) is 17.9 Å². The zero-order valence-electron chi connectivity index (χ0n) is 17.6. The van der Waals surface area contributed by atoms with E-state index >= 15 is 0 Å². The predicted octanol–water partition coefficient (Wildman–Crippen LogP) is 4.10. The molecule has 0 aliphatic carbocycles. The van der Waals surface area contributed by atoms with Gasteiger partial charge in [-0.25, -0.2) is 9.78 Å².